The van der Waals surface area contributed by atoms with Crippen molar-refractivity contribution in [2.45, 2.75) is 12.5 Å². The van der Waals surface area contributed by atoms with E-state index in [2.05, 4.69) is 24.5 Å². The molecule has 130 valence electrons. The number of amides is 1. The van der Waals surface area contributed by atoms with Crippen molar-refractivity contribution in [2.24, 2.45) is 5.92 Å². The van der Waals surface area contributed by atoms with E-state index in [4.69, 9.17) is 0 Å². The molecule has 0 aromatic carbocycles. The van der Waals surface area contributed by atoms with Crippen LogP contribution in [0.1, 0.15) is 16.9 Å². The summed E-state index contributed by atoms with van der Waals surface area (Å²) in [5.41, 5.74) is 0.0353. The Morgan fingerprint density at radius 3 is 2.21 bits per heavy atom. The fraction of sp³-hybridized carbons (Fsp3) is 0.400. The third-order valence-electron chi connectivity index (χ3n) is 3.16. The van der Waals surface area contributed by atoms with Gasteiger partial charge >= 0.3 is 17.9 Å². The van der Waals surface area contributed by atoms with Crippen LogP contribution >= 0.6 is 0 Å². The third-order valence-corrected chi connectivity index (χ3v) is 3.16. The minimum absolute atomic E-state index is 0.0353. The quantitative estimate of drug-likeness (QED) is 0.531. The fourth-order valence-electron chi connectivity index (χ4n) is 1.91. The van der Waals surface area contributed by atoms with Gasteiger partial charge in [-0.15, -0.1) is 0 Å². The van der Waals surface area contributed by atoms with E-state index in [-0.39, 0.29) is 5.69 Å². The van der Waals surface area contributed by atoms with Crippen LogP contribution in [0.25, 0.3) is 0 Å². The zero-order valence-corrected chi connectivity index (χ0v) is 13.5. The first kappa shape index (κ1) is 19.1. The number of nitrogens with one attached hydrogen (secondary N) is 1. The van der Waals surface area contributed by atoms with E-state index in [0.717, 1.165) is 21.3 Å². The predicted octanol–water partition coefficient (Wildman–Crippen LogP) is -0.295. The van der Waals surface area contributed by atoms with Crippen LogP contribution in [0.5, 0.6) is 0 Å². The Labute approximate surface area is 138 Å². The summed E-state index contributed by atoms with van der Waals surface area (Å²) in [5.74, 6) is -4.52. The summed E-state index contributed by atoms with van der Waals surface area (Å²) in [7, 11) is 3.33. The molecule has 1 heterocycles. The van der Waals surface area contributed by atoms with Gasteiger partial charge in [-0.1, -0.05) is 6.07 Å². The number of pyridine rings is 1. The van der Waals surface area contributed by atoms with Gasteiger partial charge in [0.25, 0.3) is 5.91 Å². The van der Waals surface area contributed by atoms with Gasteiger partial charge in [-0.25, -0.2) is 4.79 Å². The van der Waals surface area contributed by atoms with E-state index in [1.807, 2.05) is 0 Å². The van der Waals surface area contributed by atoms with E-state index < -0.39 is 42.2 Å². The summed E-state index contributed by atoms with van der Waals surface area (Å²) < 4.78 is 13.7. The van der Waals surface area contributed by atoms with Gasteiger partial charge in [0, 0.05) is 6.20 Å². The maximum absolute atomic E-state index is 12.2. The molecule has 0 radical (unpaired) electrons. The first-order valence-corrected chi connectivity index (χ1v) is 6.89. The van der Waals surface area contributed by atoms with Crippen LogP contribution < -0.4 is 5.32 Å². The molecular weight excluding hydrogens is 320 g/mol. The molecule has 9 heteroatoms. The zero-order chi connectivity index (χ0) is 18.1. The molecule has 9 nitrogen and oxygen atoms in total. The fourth-order valence-corrected chi connectivity index (χ4v) is 1.91. The third kappa shape index (κ3) is 5.04. The van der Waals surface area contributed by atoms with Gasteiger partial charge in [0.15, 0.2) is 0 Å². The van der Waals surface area contributed by atoms with Crippen molar-refractivity contribution in [3.8, 4) is 0 Å². The highest BCUT2D eigenvalue weighted by Gasteiger charge is 2.38. The highest BCUT2D eigenvalue weighted by Crippen LogP contribution is 2.15. The summed E-state index contributed by atoms with van der Waals surface area (Å²) in [5, 5.41) is 2.34. The number of aromatic nitrogens is 1. The number of rotatable bonds is 7. The molecule has 1 rings (SSSR count). The van der Waals surface area contributed by atoms with Crippen molar-refractivity contribution < 1.29 is 33.4 Å². The minimum Gasteiger partial charge on any atom is -0.469 e. The summed E-state index contributed by atoms with van der Waals surface area (Å²) in [6, 6.07) is 3.19. The summed E-state index contributed by atoms with van der Waals surface area (Å²) in [6.45, 7) is 0. The molecule has 1 aromatic heterocycles. The van der Waals surface area contributed by atoms with Crippen molar-refractivity contribution >= 4 is 23.8 Å². The molecule has 1 aromatic rings. The maximum atomic E-state index is 12.2. The Morgan fingerprint density at radius 1 is 1.04 bits per heavy atom. The average molecular weight is 338 g/mol. The SMILES string of the molecule is COC(=O)C[C@@H](C(=O)OC)[C@H](NC(=O)c1ccccn1)C(=O)OC. The molecule has 0 aliphatic carbocycles. The molecular formula is C15H18N2O7. The lowest BCUT2D eigenvalue weighted by molar-refractivity contribution is -0.158. The van der Waals surface area contributed by atoms with Gasteiger partial charge in [-0.2, -0.15) is 0 Å². The van der Waals surface area contributed by atoms with Crippen molar-refractivity contribution in [2.75, 3.05) is 21.3 Å². The van der Waals surface area contributed by atoms with Crippen LogP contribution in [-0.4, -0.2) is 56.2 Å². The van der Waals surface area contributed by atoms with Gasteiger partial charge in [0.1, 0.15) is 11.7 Å². The number of ether oxygens (including phenoxy) is 3. The van der Waals surface area contributed by atoms with E-state index in [9.17, 15) is 19.2 Å². The Bertz CT molecular complexity index is 603. The Kier molecular flexibility index (Phi) is 7.34. The summed E-state index contributed by atoms with van der Waals surface area (Å²) in [4.78, 5) is 51.5. The van der Waals surface area contributed by atoms with Gasteiger partial charge in [-0.3, -0.25) is 19.4 Å². The highest BCUT2D eigenvalue weighted by atomic mass is 16.5. The lowest BCUT2D eigenvalue weighted by Crippen LogP contribution is -2.50. The molecule has 2 atom stereocenters. The molecule has 0 aliphatic heterocycles. The average Bonchev–Trinajstić information content (AvgIpc) is 2.63. The number of hydrogen-bond acceptors (Lipinski definition) is 8. The van der Waals surface area contributed by atoms with E-state index in [1.54, 1.807) is 12.1 Å². The molecule has 0 saturated heterocycles. The predicted molar refractivity (Wildman–Crippen MR) is 79.6 cm³/mol. The maximum Gasteiger partial charge on any atom is 0.329 e. The molecule has 0 spiro atoms. The zero-order valence-electron chi connectivity index (χ0n) is 13.5. The van der Waals surface area contributed by atoms with E-state index in [0.29, 0.717) is 0 Å². The van der Waals surface area contributed by atoms with E-state index in [1.165, 1.54) is 12.3 Å². The van der Waals surface area contributed by atoms with Crippen LogP contribution in [0.3, 0.4) is 0 Å². The molecule has 24 heavy (non-hydrogen) atoms. The van der Waals surface area contributed by atoms with E-state index >= 15 is 0 Å². The van der Waals surface area contributed by atoms with Crippen molar-refractivity contribution in [3.63, 3.8) is 0 Å². The first-order chi connectivity index (χ1) is 11.4. The number of nitrogens with zero attached hydrogens (tertiary/aromatic N) is 1. The number of methoxy groups -OCH3 is 3. The second-order valence-electron chi connectivity index (χ2n) is 4.60. The van der Waals surface area contributed by atoms with Crippen molar-refractivity contribution in [1.82, 2.24) is 10.3 Å². The monoisotopic (exact) mass is 338 g/mol. The largest absolute Gasteiger partial charge is 0.469 e. The van der Waals surface area contributed by atoms with Crippen LogP contribution in [-0.2, 0) is 28.6 Å². The lowest BCUT2D eigenvalue weighted by Gasteiger charge is -2.23. The molecule has 1 amide bonds. The Balaban J connectivity index is 3.07. The Hall–Kier alpha value is -2.97. The molecule has 0 bridgehead atoms. The normalized spacial score (nSPS) is 12.5. The van der Waals surface area contributed by atoms with Gasteiger partial charge < -0.3 is 19.5 Å². The van der Waals surface area contributed by atoms with Gasteiger partial charge in [-0.05, 0) is 12.1 Å². The van der Waals surface area contributed by atoms with Crippen LogP contribution in [0.4, 0.5) is 0 Å². The van der Waals surface area contributed by atoms with Crippen LogP contribution in [0, 0.1) is 5.92 Å². The topological polar surface area (TPSA) is 121 Å². The number of carbonyl (C=O) groups excluding carboxylic acids is 4. The highest BCUT2D eigenvalue weighted by molar-refractivity contribution is 5.97. The lowest BCUT2D eigenvalue weighted by atomic mass is 9.95. The smallest absolute Gasteiger partial charge is 0.329 e. The second-order valence-corrected chi connectivity index (χ2v) is 4.60. The molecule has 1 N–H and O–H groups in total. The Morgan fingerprint density at radius 2 is 1.71 bits per heavy atom. The van der Waals surface area contributed by atoms with Gasteiger partial charge in [0.05, 0.1) is 33.7 Å². The number of esters is 3. The van der Waals surface area contributed by atoms with Crippen molar-refractivity contribution in [1.29, 1.82) is 0 Å². The summed E-state index contributed by atoms with van der Waals surface area (Å²) in [6.07, 6.45) is 0.930. The second kappa shape index (κ2) is 9.23. The standard InChI is InChI=1S/C15H18N2O7/c1-22-11(18)8-9(14(20)23-2)12(15(21)24-3)17-13(19)10-6-4-5-7-16-10/h4-7,9,12H,8H2,1-3H3,(H,17,19)/t9-,12+/m1/s1. The molecule has 0 saturated carbocycles. The number of carbonyl (C=O) groups is 4. The summed E-state index contributed by atoms with van der Waals surface area (Å²) >= 11 is 0. The minimum atomic E-state index is -1.43. The first-order valence-electron chi connectivity index (χ1n) is 6.89. The molecule has 0 unspecified atom stereocenters. The van der Waals surface area contributed by atoms with Crippen LogP contribution in [0.2, 0.25) is 0 Å². The number of hydrogen-bond donors (Lipinski definition) is 1. The van der Waals surface area contributed by atoms with Crippen LogP contribution in [0.15, 0.2) is 24.4 Å². The van der Waals surface area contributed by atoms with Gasteiger partial charge in [0.2, 0.25) is 0 Å². The van der Waals surface area contributed by atoms with Crippen molar-refractivity contribution in [3.05, 3.63) is 30.1 Å². The molecule has 0 fully saturated rings. The molecule has 0 aliphatic rings.